The summed E-state index contributed by atoms with van der Waals surface area (Å²) >= 11 is 0. The maximum atomic E-state index is 13.8. The van der Waals surface area contributed by atoms with Gasteiger partial charge in [-0.25, -0.2) is 4.39 Å². The van der Waals surface area contributed by atoms with Crippen molar-refractivity contribution >= 4 is 12.8 Å². The highest BCUT2D eigenvalue weighted by Gasteiger charge is 2.53. The van der Waals surface area contributed by atoms with Gasteiger partial charge in [-0.05, 0) is 51.8 Å². The number of nitrogen functional groups attached to an aromatic ring is 1. The summed E-state index contributed by atoms with van der Waals surface area (Å²) in [5.74, 6) is -0.378. The van der Waals surface area contributed by atoms with Crippen LogP contribution in [0.25, 0.3) is 0 Å². The second-order valence-corrected chi connectivity index (χ2v) is 6.80. The minimum atomic E-state index is -0.384. The third-order valence-electron chi connectivity index (χ3n) is 4.65. The van der Waals surface area contributed by atoms with Gasteiger partial charge in [0.2, 0.25) is 0 Å². The molecule has 0 aliphatic carbocycles. The highest BCUT2D eigenvalue weighted by molar-refractivity contribution is 6.47. The van der Waals surface area contributed by atoms with Gasteiger partial charge in [0, 0.05) is 5.82 Å². The molecule has 1 aromatic rings. The van der Waals surface area contributed by atoms with Crippen LogP contribution in [0.1, 0.15) is 58.8 Å². The molecule has 1 saturated heterocycles. The van der Waals surface area contributed by atoms with Gasteiger partial charge in [0.1, 0.15) is 5.82 Å². The number of hydrogen-bond acceptors (Lipinski definition) is 3. The van der Waals surface area contributed by atoms with Crippen LogP contribution in [0.15, 0.2) is 18.2 Å². The Kier molecular flexibility index (Phi) is 4.36. The third kappa shape index (κ3) is 3.09. The van der Waals surface area contributed by atoms with Gasteiger partial charge in [0.25, 0.3) is 0 Å². The van der Waals surface area contributed by atoms with E-state index in [2.05, 4.69) is 6.92 Å². The molecule has 3 nitrogen and oxygen atoms in total. The van der Waals surface area contributed by atoms with Gasteiger partial charge < -0.3 is 15.0 Å². The first-order valence-corrected chi connectivity index (χ1v) is 7.58. The summed E-state index contributed by atoms with van der Waals surface area (Å²) in [5, 5.41) is 0. The van der Waals surface area contributed by atoms with E-state index in [1.54, 1.807) is 6.07 Å². The smallest absolute Gasteiger partial charge is 0.403 e. The first kappa shape index (κ1) is 16.3. The molecule has 1 atom stereocenters. The minimum absolute atomic E-state index is 0.00569. The zero-order chi connectivity index (χ0) is 15.8. The quantitative estimate of drug-likeness (QED) is 0.676. The molecule has 0 amide bonds. The zero-order valence-corrected chi connectivity index (χ0v) is 13.6. The van der Waals surface area contributed by atoms with Crippen molar-refractivity contribution in [2.45, 2.75) is 64.5 Å². The summed E-state index contributed by atoms with van der Waals surface area (Å²) in [4.78, 5) is 0. The van der Waals surface area contributed by atoms with Crippen LogP contribution in [0.2, 0.25) is 0 Å². The number of hydrogen-bond donors (Lipinski definition) is 1. The molecule has 0 bridgehead atoms. The van der Waals surface area contributed by atoms with E-state index in [-0.39, 0.29) is 35.6 Å². The lowest BCUT2D eigenvalue weighted by atomic mass is 9.66. The van der Waals surface area contributed by atoms with E-state index in [9.17, 15) is 4.39 Å². The van der Waals surface area contributed by atoms with Crippen molar-refractivity contribution in [2.75, 3.05) is 5.73 Å². The number of anilines is 1. The maximum absolute atomic E-state index is 13.8. The normalized spacial score (nSPS) is 21.5. The fourth-order valence-corrected chi connectivity index (χ4v) is 2.60. The standard InChI is InChI=1S/C16H25BFNO2/c1-6-7-12(11-8-9-14(19)13(18)10-11)17-20-15(2,3)16(4,5)21-17/h8-10,12H,6-7,19H2,1-5H3/t12-/m0/s1. The average Bonchev–Trinajstić information content (AvgIpc) is 2.59. The first-order chi connectivity index (χ1) is 9.68. The van der Waals surface area contributed by atoms with Crippen LogP contribution in [-0.2, 0) is 9.31 Å². The largest absolute Gasteiger partial charge is 0.465 e. The second kappa shape index (κ2) is 5.62. The van der Waals surface area contributed by atoms with Crippen molar-refractivity contribution in [2.24, 2.45) is 0 Å². The average molecular weight is 293 g/mol. The van der Waals surface area contributed by atoms with Gasteiger partial charge in [-0.15, -0.1) is 0 Å². The monoisotopic (exact) mass is 293 g/mol. The van der Waals surface area contributed by atoms with Crippen molar-refractivity contribution < 1.29 is 13.7 Å². The number of rotatable bonds is 4. The molecule has 2 rings (SSSR count). The fraction of sp³-hybridized carbons (Fsp3) is 0.625. The van der Waals surface area contributed by atoms with Crippen LogP contribution < -0.4 is 5.73 Å². The molecule has 1 fully saturated rings. The summed E-state index contributed by atoms with van der Waals surface area (Å²) < 4.78 is 26.0. The molecule has 1 aromatic carbocycles. The van der Waals surface area contributed by atoms with E-state index in [1.807, 2.05) is 33.8 Å². The Bertz CT molecular complexity index is 503. The van der Waals surface area contributed by atoms with Gasteiger partial charge in [-0.3, -0.25) is 0 Å². The zero-order valence-electron chi connectivity index (χ0n) is 13.6. The van der Waals surface area contributed by atoms with Crippen molar-refractivity contribution in [1.82, 2.24) is 0 Å². The Labute approximate surface area is 127 Å². The maximum Gasteiger partial charge on any atom is 0.465 e. The minimum Gasteiger partial charge on any atom is -0.403 e. The highest BCUT2D eigenvalue weighted by atomic mass is 19.1. The molecular formula is C16H25BFNO2. The van der Waals surface area contributed by atoms with E-state index >= 15 is 0 Å². The Morgan fingerprint density at radius 1 is 1.19 bits per heavy atom. The van der Waals surface area contributed by atoms with Crippen LogP contribution >= 0.6 is 0 Å². The molecule has 0 radical (unpaired) electrons. The fourth-order valence-electron chi connectivity index (χ4n) is 2.60. The Balaban J connectivity index is 2.30. The molecule has 0 unspecified atom stereocenters. The molecule has 0 aromatic heterocycles. The molecule has 5 heteroatoms. The van der Waals surface area contributed by atoms with Crippen molar-refractivity contribution in [3.63, 3.8) is 0 Å². The van der Waals surface area contributed by atoms with Crippen molar-refractivity contribution in [3.05, 3.63) is 29.6 Å². The molecule has 0 saturated carbocycles. The van der Waals surface area contributed by atoms with Gasteiger partial charge in [-0.2, -0.15) is 0 Å². The molecule has 2 N–H and O–H groups in total. The molecule has 1 aliphatic heterocycles. The molecule has 21 heavy (non-hydrogen) atoms. The first-order valence-electron chi connectivity index (χ1n) is 7.58. The summed E-state index contributed by atoms with van der Waals surface area (Å²) in [7, 11) is -0.363. The van der Waals surface area contributed by atoms with E-state index in [0.717, 1.165) is 18.4 Å². The van der Waals surface area contributed by atoms with Gasteiger partial charge in [0.05, 0.1) is 16.9 Å². The van der Waals surface area contributed by atoms with Crippen molar-refractivity contribution in [3.8, 4) is 0 Å². The summed E-state index contributed by atoms with van der Waals surface area (Å²) in [6.45, 7) is 10.2. The van der Waals surface area contributed by atoms with Crippen molar-refractivity contribution in [1.29, 1.82) is 0 Å². The van der Waals surface area contributed by atoms with Crippen LogP contribution in [0.5, 0.6) is 0 Å². The molecule has 1 aliphatic rings. The van der Waals surface area contributed by atoms with Gasteiger partial charge in [0.15, 0.2) is 0 Å². The third-order valence-corrected chi connectivity index (χ3v) is 4.65. The van der Waals surface area contributed by atoms with E-state index < -0.39 is 0 Å². The second-order valence-electron chi connectivity index (χ2n) is 6.80. The SMILES string of the molecule is CCC[C@H](B1OC(C)(C)C(C)(C)O1)c1ccc(N)c(F)c1. The number of halogens is 1. The van der Waals surface area contributed by atoms with Crippen LogP contribution in [0, 0.1) is 5.82 Å². The lowest BCUT2D eigenvalue weighted by Crippen LogP contribution is -2.41. The predicted octanol–water partition coefficient (Wildman–Crippen LogP) is 3.92. The van der Waals surface area contributed by atoms with Gasteiger partial charge >= 0.3 is 7.12 Å². The summed E-state index contributed by atoms with van der Waals surface area (Å²) in [6.07, 6.45) is 1.85. The Hall–Kier alpha value is -1.07. The topological polar surface area (TPSA) is 44.5 Å². The number of benzene rings is 1. The summed E-state index contributed by atoms with van der Waals surface area (Å²) in [5.41, 5.74) is 5.85. The molecule has 116 valence electrons. The summed E-state index contributed by atoms with van der Waals surface area (Å²) in [6, 6.07) is 4.98. The highest BCUT2D eigenvalue weighted by Crippen LogP contribution is 2.42. The lowest BCUT2D eigenvalue weighted by Gasteiger charge is -2.32. The molecular weight excluding hydrogens is 268 g/mol. The van der Waals surface area contributed by atoms with E-state index in [0.29, 0.717) is 0 Å². The van der Waals surface area contributed by atoms with E-state index in [4.69, 9.17) is 15.0 Å². The Morgan fingerprint density at radius 3 is 2.24 bits per heavy atom. The molecule has 0 spiro atoms. The molecule has 1 heterocycles. The number of nitrogens with two attached hydrogens (primary N) is 1. The van der Waals surface area contributed by atoms with Gasteiger partial charge in [-0.1, -0.05) is 19.4 Å². The van der Waals surface area contributed by atoms with Crippen LogP contribution in [-0.4, -0.2) is 18.3 Å². The van der Waals surface area contributed by atoms with E-state index in [1.165, 1.54) is 6.07 Å². The van der Waals surface area contributed by atoms with Crippen LogP contribution in [0.4, 0.5) is 10.1 Å². The predicted molar refractivity (Wildman–Crippen MR) is 84.5 cm³/mol. The Morgan fingerprint density at radius 2 is 1.76 bits per heavy atom. The van der Waals surface area contributed by atoms with Crippen LogP contribution in [0.3, 0.4) is 0 Å². The lowest BCUT2D eigenvalue weighted by molar-refractivity contribution is 0.00578.